The van der Waals surface area contributed by atoms with E-state index in [1.807, 2.05) is 6.92 Å². The standard InChI is InChI=1S/C19H26N4O.ClH/c1-3-14-5-7-15(8-6-14)17-12-20-9-10-23(17)13-18-21-16(4-2)11-19(24)22-18;/h5-8,11,17,20H,3-4,9-10,12-13H2,1-2H3,(H,21,22,24);1H. The van der Waals surface area contributed by atoms with Crippen molar-refractivity contribution in [1.82, 2.24) is 20.2 Å². The molecule has 1 aromatic carbocycles. The van der Waals surface area contributed by atoms with Crippen molar-refractivity contribution in [2.24, 2.45) is 0 Å². The zero-order chi connectivity index (χ0) is 16.9. The number of H-pyrrole nitrogens is 1. The highest BCUT2D eigenvalue weighted by molar-refractivity contribution is 5.85. The zero-order valence-electron chi connectivity index (χ0n) is 14.9. The third-order valence-electron chi connectivity index (χ3n) is 4.69. The summed E-state index contributed by atoms with van der Waals surface area (Å²) in [6.45, 7) is 7.69. The number of rotatable bonds is 5. The van der Waals surface area contributed by atoms with Crippen LogP contribution < -0.4 is 10.9 Å². The van der Waals surface area contributed by atoms with Crippen LogP contribution in [-0.4, -0.2) is 34.5 Å². The molecule has 0 saturated carbocycles. The number of nitrogens with zero attached hydrogens (tertiary/aromatic N) is 2. The Morgan fingerprint density at radius 1 is 1.20 bits per heavy atom. The van der Waals surface area contributed by atoms with Gasteiger partial charge in [-0.3, -0.25) is 9.69 Å². The lowest BCUT2D eigenvalue weighted by Crippen LogP contribution is -2.45. The first kappa shape index (κ1) is 19.6. The number of halogens is 1. The number of aryl methyl sites for hydroxylation is 2. The van der Waals surface area contributed by atoms with Crippen LogP contribution in [0.25, 0.3) is 0 Å². The van der Waals surface area contributed by atoms with Gasteiger partial charge in [0.2, 0.25) is 0 Å². The number of benzene rings is 1. The van der Waals surface area contributed by atoms with Crippen LogP contribution in [0.2, 0.25) is 0 Å². The summed E-state index contributed by atoms with van der Waals surface area (Å²) in [5, 5.41) is 3.48. The van der Waals surface area contributed by atoms with E-state index in [2.05, 4.69) is 51.4 Å². The number of hydrogen-bond acceptors (Lipinski definition) is 4. The summed E-state index contributed by atoms with van der Waals surface area (Å²) in [6, 6.07) is 10.8. The van der Waals surface area contributed by atoms with E-state index in [4.69, 9.17) is 0 Å². The SMILES string of the molecule is CCc1ccc(C2CNCCN2Cc2nc(CC)cc(=O)[nH]2)cc1.Cl. The minimum atomic E-state index is -0.0594. The molecule has 2 N–H and O–H groups in total. The summed E-state index contributed by atoms with van der Waals surface area (Å²) in [7, 11) is 0. The molecule has 0 spiro atoms. The Kier molecular flexibility index (Phi) is 7.17. The van der Waals surface area contributed by atoms with Gasteiger partial charge in [-0.15, -0.1) is 12.4 Å². The van der Waals surface area contributed by atoms with E-state index < -0.39 is 0 Å². The summed E-state index contributed by atoms with van der Waals surface area (Å²) in [4.78, 5) is 21.7. The molecule has 5 nitrogen and oxygen atoms in total. The lowest BCUT2D eigenvalue weighted by molar-refractivity contribution is 0.149. The lowest BCUT2D eigenvalue weighted by Gasteiger charge is -2.36. The Labute approximate surface area is 155 Å². The number of aromatic amines is 1. The maximum absolute atomic E-state index is 11.8. The molecule has 1 aliphatic heterocycles. The number of hydrogen-bond donors (Lipinski definition) is 2. The van der Waals surface area contributed by atoms with Gasteiger partial charge in [0.05, 0.1) is 6.54 Å². The van der Waals surface area contributed by atoms with Crippen molar-refractivity contribution >= 4 is 12.4 Å². The van der Waals surface area contributed by atoms with Crippen LogP contribution >= 0.6 is 12.4 Å². The first-order valence-electron chi connectivity index (χ1n) is 8.82. The summed E-state index contributed by atoms with van der Waals surface area (Å²) >= 11 is 0. The van der Waals surface area contributed by atoms with E-state index in [1.165, 1.54) is 11.1 Å². The highest BCUT2D eigenvalue weighted by Gasteiger charge is 2.24. The zero-order valence-corrected chi connectivity index (χ0v) is 15.7. The minimum Gasteiger partial charge on any atom is -0.314 e. The summed E-state index contributed by atoms with van der Waals surface area (Å²) in [5.74, 6) is 0.761. The number of aromatic nitrogens is 2. The first-order valence-corrected chi connectivity index (χ1v) is 8.82. The van der Waals surface area contributed by atoms with E-state index in [1.54, 1.807) is 6.07 Å². The predicted molar refractivity (Wildman–Crippen MR) is 103 cm³/mol. The van der Waals surface area contributed by atoms with Crippen LogP contribution in [-0.2, 0) is 19.4 Å². The minimum absolute atomic E-state index is 0. The first-order chi connectivity index (χ1) is 11.7. The molecule has 25 heavy (non-hydrogen) atoms. The van der Waals surface area contributed by atoms with Crippen molar-refractivity contribution in [2.45, 2.75) is 39.3 Å². The predicted octanol–water partition coefficient (Wildman–Crippen LogP) is 2.46. The topological polar surface area (TPSA) is 61.0 Å². The van der Waals surface area contributed by atoms with Gasteiger partial charge in [0.25, 0.3) is 5.56 Å². The van der Waals surface area contributed by atoms with Crippen LogP contribution in [0.15, 0.2) is 35.1 Å². The molecule has 0 amide bonds. The summed E-state index contributed by atoms with van der Waals surface area (Å²) < 4.78 is 0. The molecule has 1 fully saturated rings. The Balaban J connectivity index is 0.00000225. The Hall–Kier alpha value is -1.69. The van der Waals surface area contributed by atoms with Gasteiger partial charge in [0, 0.05) is 37.4 Å². The second-order valence-electron chi connectivity index (χ2n) is 6.32. The van der Waals surface area contributed by atoms with E-state index in [9.17, 15) is 4.79 Å². The maximum Gasteiger partial charge on any atom is 0.251 e. The molecule has 3 rings (SSSR count). The van der Waals surface area contributed by atoms with Gasteiger partial charge >= 0.3 is 0 Å². The van der Waals surface area contributed by atoms with Crippen molar-refractivity contribution in [1.29, 1.82) is 0 Å². The van der Waals surface area contributed by atoms with E-state index in [-0.39, 0.29) is 18.0 Å². The fraction of sp³-hybridized carbons (Fsp3) is 0.474. The molecule has 1 unspecified atom stereocenters. The Bertz CT molecular complexity index is 729. The number of piperazine rings is 1. The van der Waals surface area contributed by atoms with Gasteiger partial charge in [-0.05, 0) is 24.0 Å². The fourth-order valence-corrected chi connectivity index (χ4v) is 3.25. The molecule has 0 bridgehead atoms. The number of nitrogens with one attached hydrogen (secondary N) is 2. The molecule has 136 valence electrons. The molecule has 1 aliphatic rings. The second-order valence-corrected chi connectivity index (χ2v) is 6.32. The smallest absolute Gasteiger partial charge is 0.251 e. The fourth-order valence-electron chi connectivity index (χ4n) is 3.25. The van der Waals surface area contributed by atoms with Gasteiger partial charge in [-0.2, -0.15) is 0 Å². The van der Waals surface area contributed by atoms with Gasteiger partial charge in [-0.25, -0.2) is 4.98 Å². The van der Waals surface area contributed by atoms with Gasteiger partial charge in [0.1, 0.15) is 5.82 Å². The van der Waals surface area contributed by atoms with Crippen LogP contribution in [0.3, 0.4) is 0 Å². The van der Waals surface area contributed by atoms with Gasteiger partial charge < -0.3 is 10.3 Å². The lowest BCUT2D eigenvalue weighted by atomic mass is 10.0. The normalized spacial score (nSPS) is 17.9. The van der Waals surface area contributed by atoms with Crippen molar-refractivity contribution in [2.75, 3.05) is 19.6 Å². The van der Waals surface area contributed by atoms with Crippen molar-refractivity contribution in [3.8, 4) is 0 Å². The average Bonchev–Trinajstić information content (AvgIpc) is 2.62. The third kappa shape index (κ3) is 4.91. The quantitative estimate of drug-likeness (QED) is 0.857. The molecule has 2 aromatic rings. The molecular weight excluding hydrogens is 336 g/mol. The maximum atomic E-state index is 11.8. The van der Waals surface area contributed by atoms with Crippen LogP contribution in [0, 0.1) is 0 Å². The summed E-state index contributed by atoms with van der Waals surface area (Å²) in [6.07, 6.45) is 1.84. The second kappa shape index (κ2) is 9.13. The third-order valence-corrected chi connectivity index (χ3v) is 4.69. The monoisotopic (exact) mass is 362 g/mol. The van der Waals surface area contributed by atoms with Crippen LogP contribution in [0.4, 0.5) is 0 Å². The largest absolute Gasteiger partial charge is 0.314 e. The highest BCUT2D eigenvalue weighted by Crippen LogP contribution is 2.24. The molecule has 0 radical (unpaired) electrons. The molecule has 1 aromatic heterocycles. The molecule has 6 heteroatoms. The van der Waals surface area contributed by atoms with Crippen LogP contribution in [0.1, 0.15) is 42.5 Å². The van der Waals surface area contributed by atoms with Crippen LogP contribution in [0.5, 0.6) is 0 Å². The van der Waals surface area contributed by atoms with Gasteiger partial charge in [0.15, 0.2) is 0 Å². The van der Waals surface area contributed by atoms with Gasteiger partial charge in [-0.1, -0.05) is 38.1 Å². The molecular formula is C19H27ClN4O. The van der Waals surface area contributed by atoms with Crippen molar-refractivity contribution in [3.05, 3.63) is 63.3 Å². The molecule has 2 heterocycles. The molecule has 0 aliphatic carbocycles. The van der Waals surface area contributed by atoms with Crippen molar-refractivity contribution < 1.29 is 0 Å². The Morgan fingerprint density at radius 2 is 1.96 bits per heavy atom. The van der Waals surface area contributed by atoms with Crippen molar-refractivity contribution in [3.63, 3.8) is 0 Å². The van der Waals surface area contributed by atoms with E-state index >= 15 is 0 Å². The van der Waals surface area contributed by atoms with E-state index in [0.29, 0.717) is 12.6 Å². The molecule has 1 atom stereocenters. The molecule has 1 saturated heterocycles. The van der Waals surface area contributed by atoms with E-state index in [0.717, 1.165) is 44.0 Å². The highest BCUT2D eigenvalue weighted by atomic mass is 35.5. The summed E-state index contributed by atoms with van der Waals surface area (Å²) in [5.41, 5.74) is 3.47. The Morgan fingerprint density at radius 3 is 2.64 bits per heavy atom. The average molecular weight is 363 g/mol.